The van der Waals surface area contributed by atoms with Crippen LogP contribution in [0, 0.1) is 36.3 Å². The number of aliphatic hydroxyl groups is 1. The molecule has 5 rings (SSSR count). The van der Waals surface area contributed by atoms with Gasteiger partial charge in [-0.2, -0.15) is 0 Å². The SMILES string of the molecule is C=C(CBr)C(=O)OCCCCCC(=O)C[C@H](C(=O)N[C@@H](CCCNC(N)=O)C(=O)Cc1cc(F)c(C(=O)N(C)[C@@H](C)C(=O)O[C@H]2CC(=O)N(C)c3cc(cc(C)c3Cl)C/C(C)=C/C=C/[C@@H](OC)[C@@]3(O)C[C@H](OC(=O)N3)[C@@H](C)[C@@H]3O[C@@]23C)cc1F)C(C)C. The van der Waals surface area contributed by atoms with E-state index in [1.807, 2.05) is 19.1 Å². The molecule has 25 heteroatoms. The van der Waals surface area contributed by atoms with Crippen LogP contribution in [0.15, 0.2) is 60.2 Å². The van der Waals surface area contributed by atoms with Crippen molar-refractivity contribution in [1.29, 1.82) is 0 Å². The number of nitrogens with one attached hydrogen (secondary N) is 3. The van der Waals surface area contributed by atoms with Gasteiger partial charge in [0, 0.05) is 76.2 Å². The lowest BCUT2D eigenvalue weighted by atomic mass is 9.83. The number of carbonyl (C=O) groups excluding carboxylic acids is 9. The number of ketones is 2. The van der Waals surface area contributed by atoms with E-state index in [-0.39, 0.29) is 67.9 Å². The number of primary amides is 1. The molecule has 3 aliphatic rings. The minimum absolute atomic E-state index is 0.00721. The Kier molecular flexibility index (Phi) is 25.8. The molecule has 3 aliphatic heterocycles. The van der Waals surface area contributed by atoms with Gasteiger partial charge in [-0.15, -0.1) is 0 Å². The Morgan fingerprint density at radius 2 is 1.75 bits per heavy atom. The van der Waals surface area contributed by atoms with Crippen LogP contribution in [0.1, 0.15) is 126 Å². The molecule has 6 amide bonds. The van der Waals surface area contributed by atoms with Crippen molar-refractivity contribution in [3.05, 3.63) is 99.1 Å². The van der Waals surface area contributed by atoms with Gasteiger partial charge in [0.1, 0.15) is 47.4 Å². The Labute approximate surface area is 519 Å². The number of amides is 6. The maximum atomic E-state index is 16.2. The number of unbranched alkanes of at least 4 members (excludes halogenated alkanes) is 2. The number of alkyl carbamates (subject to hydrolysis) is 1. The summed E-state index contributed by atoms with van der Waals surface area (Å²) in [5, 5.41) is 20.0. The molecule has 3 heterocycles. The Morgan fingerprint density at radius 3 is 2.40 bits per heavy atom. The van der Waals surface area contributed by atoms with E-state index < -0.39 is 143 Å². The summed E-state index contributed by atoms with van der Waals surface area (Å²) in [7, 11) is 4.05. The van der Waals surface area contributed by atoms with Gasteiger partial charge >= 0.3 is 24.1 Å². The average molecular weight is 1300 g/mol. The molecule has 0 radical (unpaired) electrons. The van der Waals surface area contributed by atoms with Crippen LogP contribution in [0.4, 0.5) is 24.1 Å². The van der Waals surface area contributed by atoms with Crippen LogP contribution in [0.3, 0.4) is 0 Å². The van der Waals surface area contributed by atoms with Gasteiger partial charge in [-0.05, 0) is 107 Å². The molecule has 2 saturated heterocycles. The highest BCUT2D eigenvalue weighted by molar-refractivity contribution is 9.09. The Balaban J connectivity index is 1.33. The molecule has 87 heavy (non-hydrogen) atoms. The number of urea groups is 1. The molecule has 0 saturated carbocycles. The number of epoxide rings is 1. The number of nitrogens with two attached hydrogens (primary N) is 1. The Morgan fingerprint density at radius 1 is 1.05 bits per heavy atom. The van der Waals surface area contributed by atoms with E-state index in [4.69, 9.17) is 41.0 Å². The number of halogens is 4. The first-order valence-corrected chi connectivity index (χ1v) is 30.4. The predicted octanol–water partition coefficient (Wildman–Crippen LogP) is 7.74. The molecular weight excluding hydrogens is 1220 g/mol. The average Bonchev–Trinajstić information content (AvgIpc) is 1.61. The molecule has 0 spiro atoms. The van der Waals surface area contributed by atoms with Crippen molar-refractivity contribution in [3.63, 3.8) is 0 Å². The Bertz CT molecular complexity index is 3000. The van der Waals surface area contributed by atoms with Crippen LogP contribution in [0.2, 0.25) is 5.02 Å². The molecule has 0 aromatic heterocycles. The molecule has 6 N–H and O–H groups in total. The van der Waals surface area contributed by atoms with Gasteiger partial charge in [0.2, 0.25) is 11.8 Å². The zero-order valence-electron chi connectivity index (χ0n) is 51.0. The summed E-state index contributed by atoms with van der Waals surface area (Å²) in [6.07, 6.45) is 0.532. The van der Waals surface area contributed by atoms with Crippen molar-refractivity contribution in [1.82, 2.24) is 20.9 Å². The molecule has 0 unspecified atom stereocenters. The van der Waals surface area contributed by atoms with E-state index >= 15 is 8.78 Å². The quantitative estimate of drug-likeness (QED) is 0.0159. The van der Waals surface area contributed by atoms with Crippen molar-refractivity contribution >= 4 is 86.6 Å². The number of fused-ring (bicyclic) bond motifs is 5. The monoisotopic (exact) mass is 1300 g/mol. The Hall–Kier alpha value is -6.60. The lowest BCUT2D eigenvalue weighted by Crippen LogP contribution is -2.63. The molecule has 4 bridgehead atoms. The van der Waals surface area contributed by atoms with E-state index in [9.17, 15) is 48.3 Å². The van der Waals surface area contributed by atoms with Crippen LogP contribution < -0.4 is 26.6 Å². The molecule has 10 atom stereocenters. The lowest BCUT2D eigenvalue weighted by molar-refractivity contribution is -0.158. The summed E-state index contributed by atoms with van der Waals surface area (Å²) >= 11 is 9.98. The van der Waals surface area contributed by atoms with Gasteiger partial charge in [0.05, 0.1) is 41.4 Å². The third-order valence-corrected chi connectivity index (χ3v) is 17.4. The number of methoxy groups -OCH3 is 1. The van der Waals surface area contributed by atoms with E-state index in [0.29, 0.717) is 54.1 Å². The summed E-state index contributed by atoms with van der Waals surface area (Å²) in [4.78, 5) is 122. The maximum Gasteiger partial charge on any atom is 0.409 e. The van der Waals surface area contributed by atoms with Crippen LogP contribution in [0.25, 0.3) is 0 Å². The number of nitrogens with zero attached hydrogens (tertiary/aromatic N) is 2. The molecular formula is C62H82BrClF2N6O15. The van der Waals surface area contributed by atoms with E-state index in [2.05, 4.69) is 38.5 Å². The third kappa shape index (κ3) is 19.0. The number of alkyl halides is 1. The van der Waals surface area contributed by atoms with Crippen molar-refractivity contribution in [3.8, 4) is 0 Å². The standard InChI is InChI=1S/C62H82BrClF2N6O15/c1-33(2)42(28-41(73)18-13-12-14-22-84-57(78)36(5)32-63)55(76)69-46(19-16-21-68-59(67)80)48(74)27-40-26-45(66)43(29-44(40)65)56(77)71(9)38(7)58(79)86-51-30-52(75)72(10)47-25-39(24-35(4)53(47)64)23-34(3)17-15-20-50(83-11)62(82)31-49(85-60(81)70-62)37(6)54-61(51,8)87-54/h15,17,20,24-26,29,33,37-38,42,46,49-51,54,82H,5,12-14,16,18-19,21-23,27-28,30-32H2,1-4,6-11H3,(H,69,76)(H,70,81)(H3,67,68,80)/b20-15+,34-17+/t37-,38+,42+,46+,49+,50-,51+,54+,61+,62+/m1/s1. The normalized spacial score (nSPS) is 24.1. The highest BCUT2D eigenvalue weighted by atomic mass is 79.9. The maximum absolute atomic E-state index is 16.2. The first kappa shape index (κ1) is 71.2. The number of rotatable bonds is 25. The fourth-order valence-electron chi connectivity index (χ4n) is 10.6. The second-order valence-corrected chi connectivity index (χ2v) is 24.2. The summed E-state index contributed by atoms with van der Waals surface area (Å²) in [6.45, 7) is 15.5. The zero-order chi connectivity index (χ0) is 64.8. The first-order valence-electron chi connectivity index (χ1n) is 28.9. The summed E-state index contributed by atoms with van der Waals surface area (Å²) < 4.78 is 61.2. The number of hydrogen-bond donors (Lipinski definition) is 5. The van der Waals surface area contributed by atoms with Gasteiger partial charge in [-0.1, -0.05) is 84.7 Å². The number of carbonyl (C=O) groups is 9. The lowest BCUT2D eigenvalue weighted by Gasteiger charge is -2.42. The molecule has 2 aromatic carbocycles. The molecule has 2 fully saturated rings. The second kappa shape index (κ2) is 31.5. The second-order valence-electron chi connectivity index (χ2n) is 23.3. The van der Waals surface area contributed by atoms with Gasteiger partial charge in [-0.25, -0.2) is 28.0 Å². The van der Waals surface area contributed by atoms with Gasteiger partial charge in [0.15, 0.2) is 11.5 Å². The van der Waals surface area contributed by atoms with Crippen molar-refractivity contribution in [2.45, 2.75) is 167 Å². The number of anilines is 1. The molecule has 0 aliphatic carbocycles. The number of allylic oxidation sites excluding steroid dienone is 3. The number of esters is 2. The smallest absolute Gasteiger partial charge is 0.409 e. The van der Waals surface area contributed by atoms with Gasteiger partial charge in [-0.3, -0.25) is 29.3 Å². The minimum atomic E-state index is -1.94. The third-order valence-electron chi connectivity index (χ3n) is 16.2. The number of likely N-dealkylation sites (N-methyl/N-ethyl adjacent to an activating group) is 1. The van der Waals surface area contributed by atoms with Crippen molar-refractivity contribution in [2.75, 3.05) is 44.6 Å². The number of hydrogen-bond acceptors (Lipinski definition) is 15. The highest BCUT2D eigenvalue weighted by Gasteiger charge is 2.64. The number of ether oxygens (including phenoxy) is 5. The number of Topliss-reactive ketones (excluding diaryl/α,β-unsaturated/α-hetero) is 2. The van der Waals surface area contributed by atoms with Crippen LogP contribution in [-0.2, 0) is 65.3 Å². The fourth-order valence-corrected chi connectivity index (χ4v) is 11.1. The predicted molar refractivity (Wildman–Crippen MR) is 323 cm³/mol. The van der Waals surface area contributed by atoms with Crippen LogP contribution >= 0.6 is 27.5 Å². The number of aryl methyl sites for hydroxylation is 1. The summed E-state index contributed by atoms with van der Waals surface area (Å²) in [5.41, 5.74) is 3.56. The van der Waals surface area contributed by atoms with Crippen molar-refractivity contribution < 1.29 is 80.7 Å². The fraction of sp³-hybridized carbons (Fsp3) is 0.565. The summed E-state index contributed by atoms with van der Waals surface area (Å²) in [5.74, 6) is -9.26. The number of benzene rings is 2. The summed E-state index contributed by atoms with van der Waals surface area (Å²) in [6, 6.07) is 1.25. The molecule has 2 aromatic rings. The first-order chi connectivity index (χ1) is 40.8. The van der Waals surface area contributed by atoms with Crippen LogP contribution in [-0.4, -0.2) is 151 Å². The van der Waals surface area contributed by atoms with E-state index in [1.54, 1.807) is 52.8 Å². The largest absolute Gasteiger partial charge is 0.462 e. The zero-order valence-corrected chi connectivity index (χ0v) is 53.3. The van der Waals surface area contributed by atoms with Crippen LogP contribution in [0.5, 0.6) is 0 Å². The topological polar surface area (TPSA) is 292 Å². The van der Waals surface area contributed by atoms with Crippen molar-refractivity contribution in [2.24, 2.45) is 23.5 Å². The van der Waals surface area contributed by atoms with E-state index in [0.717, 1.165) is 23.1 Å². The minimum Gasteiger partial charge on any atom is -0.462 e. The highest BCUT2D eigenvalue weighted by Crippen LogP contribution is 2.49. The molecule has 478 valence electrons. The van der Waals surface area contributed by atoms with Gasteiger partial charge < -0.3 is 55.0 Å². The van der Waals surface area contributed by atoms with E-state index in [1.165, 1.54) is 26.0 Å². The molecule has 21 nitrogen and oxygen atoms in total. The van der Waals surface area contributed by atoms with Gasteiger partial charge in [0.25, 0.3) is 5.91 Å².